The number of fused-ring (bicyclic) bond motifs is 1. The largest absolute Gasteiger partial charge is 0.505 e. The third-order valence-electron chi connectivity index (χ3n) is 7.04. The number of phenols is 1. The van der Waals surface area contributed by atoms with Crippen molar-refractivity contribution in [2.45, 2.75) is 44.7 Å². The van der Waals surface area contributed by atoms with E-state index in [-0.39, 0.29) is 28.6 Å². The van der Waals surface area contributed by atoms with E-state index in [1.165, 1.54) is 0 Å². The molecule has 2 aromatic carbocycles. The van der Waals surface area contributed by atoms with Gasteiger partial charge in [0.15, 0.2) is 11.6 Å². The molecular weight excluding hydrogens is 507 g/mol. The van der Waals surface area contributed by atoms with Crippen molar-refractivity contribution >= 4 is 34.3 Å². The van der Waals surface area contributed by atoms with Crippen molar-refractivity contribution in [3.63, 3.8) is 0 Å². The van der Waals surface area contributed by atoms with Crippen molar-refractivity contribution in [3.8, 4) is 22.6 Å². The number of aliphatic imine (C=N–C) groups is 1. The highest BCUT2D eigenvalue weighted by atomic mass is 35.5. The van der Waals surface area contributed by atoms with Gasteiger partial charge in [-0.15, -0.1) is 0 Å². The molecule has 1 aliphatic carbocycles. The van der Waals surface area contributed by atoms with Gasteiger partial charge in [0.25, 0.3) is 0 Å². The molecule has 0 radical (unpaired) electrons. The van der Waals surface area contributed by atoms with Crippen LogP contribution in [0.15, 0.2) is 53.8 Å². The highest BCUT2D eigenvalue weighted by Gasteiger charge is 2.23. The normalized spacial score (nSPS) is 18.1. The van der Waals surface area contributed by atoms with Gasteiger partial charge in [-0.25, -0.2) is 13.9 Å². The van der Waals surface area contributed by atoms with Gasteiger partial charge < -0.3 is 26.6 Å². The SMILES string of the molecule is COc1ccc(-c2cc3c(NC4CCC(N)CC4)c(C(N)=Nc4cc(F)c(O)cc4Cl)cnn3c2)c(C)c1. The molecule has 1 aliphatic rings. The average molecular weight is 537 g/mol. The molecular formula is C28H30ClFN6O2. The van der Waals surface area contributed by atoms with Crippen LogP contribution in [-0.2, 0) is 0 Å². The lowest BCUT2D eigenvalue weighted by Crippen LogP contribution is -2.33. The minimum Gasteiger partial charge on any atom is -0.505 e. The van der Waals surface area contributed by atoms with E-state index in [0.717, 1.165) is 71.5 Å². The molecule has 5 rings (SSSR count). The molecule has 38 heavy (non-hydrogen) atoms. The number of nitrogens with one attached hydrogen (secondary N) is 1. The molecule has 0 atom stereocenters. The van der Waals surface area contributed by atoms with Crippen LogP contribution < -0.4 is 21.5 Å². The third-order valence-corrected chi connectivity index (χ3v) is 7.34. The van der Waals surface area contributed by atoms with E-state index in [1.54, 1.807) is 17.8 Å². The van der Waals surface area contributed by atoms with Crippen molar-refractivity contribution in [2.75, 3.05) is 12.4 Å². The van der Waals surface area contributed by atoms with Gasteiger partial charge in [0.05, 0.1) is 40.8 Å². The number of ether oxygens (including phenoxy) is 1. The first-order chi connectivity index (χ1) is 18.2. The van der Waals surface area contributed by atoms with Gasteiger partial charge >= 0.3 is 0 Å². The Balaban J connectivity index is 1.62. The lowest BCUT2D eigenvalue weighted by Gasteiger charge is -2.28. The first-order valence-corrected chi connectivity index (χ1v) is 12.8. The topological polar surface area (TPSA) is 123 Å². The molecule has 0 saturated heterocycles. The quantitative estimate of drug-likeness (QED) is 0.190. The average Bonchev–Trinajstić information content (AvgIpc) is 3.33. The number of benzene rings is 2. The number of nitrogens with two attached hydrogens (primary N) is 2. The second kappa shape index (κ2) is 10.5. The molecule has 0 amide bonds. The zero-order valence-corrected chi connectivity index (χ0v) is 22.0. The van der Waals surface area contributed by atoms with Gasteiger partial charge in [0, 0.05) is 36.0 Å². The molecule has 2 heterocycles. The summed E-state index contributed by atoms with van der Waals surface area (Å²) >= 11 is 6.20. The summed E-state index contributed by atoms with van der Waals surface area (Å²) in [5, 5.41) is 18.0. The van der Waals surface area contributed by atoms with Crippen molar-refractivity contribution in [1.29, 1.82) is 0 Å². The van der Waals surface area contributed by atoms with Gasteiger partial charge in [-0.05, 0) is 61.9 Å². The number of hydrogen-bond acceptors (Lipinski definition) is 6. The third kappa shape index (κ3) is 5.12. The predicted molar refractivity (Wildman–Crippen MR) is 149 cm³/mol. The lowest BCUT2D eigenvalue weighted by molar-refractivity contribution is 0.411. The summed E-state index contributed by atoms with van der Waals surface area (Å²) < 4.78 is 21.2. The van der Waals surface area contributed by atoms with E-state index >= 15 is 0 Å². The molecule has 0 aliphatic heterocycles. The fourth-order valence-electron chi connectivity index (χ4n) is 4.91. The summed E-state index contributed by atoms with van der Waals surface area (Å²) in [6.07, 6.45) is 7.31. The second-order valence-corrected chi connectivity index (χ2v) is 10.1. The van der Waals surface area contributed by atoms with Gasteiger partial charge in [0.1, 0.15) is 11.6 Å². The highest BCUT2D eigenvalue weighted by Crippen LogP contribution is 2.35. The number of aromatic nitrogens is 2. The van der Waals surface area contributed by atoms with Crippen molar-refractivity contribution < 1.29 is 14.2 Å². The van der Waals surface area contributed by atoms with Gasteiger partial charge in [-0.2, -0.15) is 5.10 Å². The molecule has 1 fully saturated rings. The van der Waals surface area contributed by atoms with E-state index in [0.29, 0.717) is 5.56 Å². The first kappa shape index (κ1) is 25.8. The Hall–Kier alpha value is -3.82. The Labute approximate surface area is 225 Å². The molecule has 1 saturated carbocycles. The molecule has 198 valence electrons. The summed E-state index contributed by atoms with van der Waals surface area (Å²) in [5.41, 5.74) is 18.0. The van der Waals surface area contributed by atoms with Crippen molar-refractivity contribution in [3.05, 3.63) is 70.8 Å². The number of phenolic OH excluding ortho intramolecular Hbond substituents is 1. The lowest BCUT2D eigenvalue weighted by atomic mass is 9.91. The minimum absolute atomic E-state index is 0.0802. The van der Waals surface area contributed by atoms with Crippen LogP contribution in [0.3, 0.4) is 0 Å². The van der Waals surface area contributed by atoms with Crippen LogP contribution in [-0.4, -0.2) is 39.7 Å². The Bertz CT molecular complexity index is 1530. The van der Waals surface area contributed by atoms with E-state index in [9.17, 15) is 9.50 Å². The van der Waals surface area contributed by atoms with E-state index < -0.39 is 11.6 Å². The van der Waals surface area contributed by atoms with Crippen LogP contribution >= 0.6 is 11.6 Å². The number of methoxy groups -OCH3 is 1. The van der Waals surface area contributed by atoms with Gasteiger partial charge in [-0.3, -0.25) is 0 Å². The van der Waals surface area contributed by atoms with Crippen LogP contribution in [0.25, 0.3) is 16.6 Å². The number of anilines is 1. The zero-order valence-electron chi connectivity index (χ0n) is 21.2. The number of aryl methyl sites for hydroxylation is 1. The van der Waals surface area contributed by atoms with E-state index in [2.05, 4.69) is 21.5 Å². The summed E-state index contributed by atoms with van der Waals surface area (Å²) in [5.74, 6) is -0.479. The molecule has 0 spiro atoms. The summed E-state index contributed by atoms with van der Waals surface area (Å²) in [6, 6.07) is 10.6. The maximum absolute atomic E-state index is 14.0. The summed E-state index contributed by atoms with van der Waals surface area (Å²) in [4.78, 5) is 4.39. The monoisotopic (exact) mass is 536 g/mol. The smallest absolute Gasteiger partial charge is 0.167 e. The fourth-order valence-corrected chi connectivity index (χ4v) is 5.11. The molecule has 4 aromatic rings. The second-order valence-electron chi connectivity index (χ2n) is 9.68. The molecule has 0 bridgehead atoms. The number of rotatable bonds is 6. The Morgan fingerprint density at radius 1 is 1.21 bits per heavy atom. The predicted octanol–water partition coefficient (Wildman–Crippen LogP) is 5.54. The Kier molecular flexibility index (Phi) is 7.14. The maximum Gasteiger partial charge on any atom is 0.167 e. The number of hydrogen-bond donors (Lipinski definition) is 4. The molecule has 0 unspecified atom stereocenters. The fraction of sp³-hybridized carbons (Fsp3) is 0.286. The van der Waals surface area contributed by atoms with Crippen molar-refractivity contribution in [1.82, 2.24) is 9.61 Å². The van der Waals surface area contributed by atoms with Crippen LogP contribution in [0.4, 0.5) is 15.8 Å². The van der Waals surface area contributed by atoms with E-state index in [1.807, 2.05) is 31.3 Å². The van der Waals surface area contributed by atoms with Gasteiger partial charge in [-0.1, -0.05) is 17.7 Å². The minimum atomic E-state index is -0.836. The number of halogens is 2. The zero-order chi connectivity index (χ0) is 27.0. The molecule has 2 aromatic heterocycles. The summed E-state index contributed by atoms with van der Waals surface area (Å²) in [6.45, 7) is 2.04. The Morgan fingerprint density at radius 2 is 1.97 bits per heavy atom. The number of nitrogens with zero attached hydrogens (tertiary/aromatic N) is 3. The van der Waals surface area contributed by atoms with Crippen LogP contribution in [0.1, 0.15) is 36.8 Å². The van der Waals surface area contributed by atoms with Crippen LogP contribution in [0.5, 0.6) is 11.5 Å². The van der Waals surface area contributed by atoms with Crippen molar-refractivity contribution in [2.24, 2.45) is 16.5 Å². The maximum atomic E-state index is 14.0. The molecule has 10 heteroatoms. The summed E-state index contributed by atoms with van der Waals surface area (Å²) in [7, 11) is 1.65. The molecule has 8 nitrogen and oxygen atoms in total. The highest BCUT2D eigenvalue weighted by molar-refractivity contribution is 6.33. The van der Waals surface area contributed by atoms with Gasteiger partial charge in [0.2, 0.25) is 0 Å². The standard InChI is InChI=1S/C28H30ClFN6O2/c1-15-9-19(38-2)7-8-20(15)16-10-25-27(34-18-5-3-17(31)4-6-18)21(13-33-36(25)14-16)28(32)35-24-12-23(30)26(37)11-22(24)29/h7-14,17-18,34,37H,3-6,31H2,1-2H3,(H2,32,35). The van der Waals surface area contributed by atoms with E-state index in [4.69, 9.17) is 27.8 Å². The Morgan fingerprint density at radius 3 is 2.68 bits per heavy atom. The number of amidine groups is 1. The first-order valence-electron chi connectivity index (χ1n) is 12.4. The van der Waals surface area contributed by atoms with Crippen LogP contribution in [0, 0.1) is 12.7 Å². The molecule has 6 N–H and O–H groups in total. The number of aromatic hydroxyl groups is 1. The van der Waals surface area contributed by atoms with Crippen LogP contribution in [0.2, 0.25) is 5.02 Å².